The van der Waals surface area contributed by atoms with Crippen LogP contribution in [0.3, 0.4) is 0 Å². The van der Waals surface area contributed by atoms with Crippen LogP contribution in [-0.4, -0.2) is 39.5 Å². The Morgan fingerprint density at radius 2 is 2.10 bits per heavy atom. The van der Waals surface area contributed by atoms with Crippen LogP contribution in [0, 0.1) is 23.0 Å². The standard InChI is InChI=1S/C14H16N2O4/c1-9-11(3-2-4-12(9)16(19)20)13(17)15-7-14(18,8-15)10-5-6-10/h2-4,10,18H,5-8H2,1H3. The van der Waals surface area contributed by atoms with E-state index in [0.29, 0.717) is 30.1 Å². The Morgan fingerprint density at radius 1 is 1.45 bits per heavy atom. The minimum absolute atomic E-state index is 0.0474. The van der Waals surface area contributed by atoms with E-state index < -0.39 is 10.5 Å². The molecule has 1 heterocycles. The third-order valence-corrected chi connectivity index (χ3v) is 4.29. The lowest BCUT2D eigenvalue weighted by molar-refractivity contribution is -0.385. The van der Waals surface area contributed by atoms with E-state index in [2.05, 4.69) is 0 Å². The van der Waals surface area contributed by atoms with Crippen molar-refractivity contribution in [2.24, 2.45) is 5.92 Å². The molecule has 0 radical (unpaired) electrons. The molecule has 1 aromatic rings. The fraction of sp³-hybridized carbons (Fsp3) is 0.500. The molecule has 0 atom stereocenters. The van der Waals surface area contributed by atoms with Gasteiger partial charge < -0.3 is 10.0 Å². The Balaban J connectivity index is 1.79. The molecule has 2 fully saturated rings. The zero-order chi connectivity index (χ0) is 14.5. The first kappa shape index (κ1) is 13.1. The number of amides is 1. The number of hydrogen-bond acceptors (Lipinski definition) is 4. The molecule has 20 heavy (non-hydrogen) atoms. The van der Waals surface area contributed by atoms with Crippen molar-refractivity contribution in [3.05, 3.63) is 39.4 Å². The summed E-state index contributed by atoms with van der Waals surface area (Å²) < 4.78 is 0. The van der Waals surface area contributed by atoms with E-state index in [4.69, 9.17) is 0 Å². The Morgan fingerprint density at radius 3 is 2.65 bits per heavy atom. The summed E-state index contributed by atoms with van der Waals surface area (Å²) in [6, 6.07) is 4.51. The molecule has 0 bridgehead atoms. The van der Waals surface area contributed by atoms with Crippen LogP contribution >= 0.6 is 0 Å². The van der Waals surface area contributed by atoms with Gasteiger partial charge >= 0.3 is 0 Å². The van der Waals surface area contributed by atoms with Crippen molar-refractivity contribution in [1.82, 2.24) is 4.90 Å². The number of nitro groups is 1. The second kappa shape index (κ2) is 4.28. The second-order valence-corrected chi connectivity index (χ2v) is 5.75. The zero-order valence-corrected chi connectivity index (χ0v) is 11.2. The molecule has 0 aromatic heterocycles. The van der Waals surface area contributed by atoms with Crippen molar-refractivity contribution in [2.45, 2.75) is 25.4 Å². The van der Waals surface area contributed by atoms with E-state index in [1.165, 1.54) is 12.1 Å². The molecular weight excluding hydrogens is 260 g/mol. The monoisotopic (exact) mass is 276 g/mol. The Bertz CT molecular complexity index is 589. The van der Waals surface area contributed by atoms with Gasteiger partial charge in [-0.25, -0.2) is 0 Å². The number of nitro benzene ring substituents is 1. The predicted octanol–water partition coefficient (Wildman–Crippen LogP) is 1.50. The van der Waals surface area contributed by atoms with Gasteiger partial charge in [-0.15, -0.1) is 0 Å². The van der Waals surface area contributed by atoms with Gasteiger partial charge in [-0.3, -0.25) is 14.9 Å². The van der Waals surface area contributed by atoms with Gasteiger partial charge in [-0.05, 0) is 31.7 Å². The van der Waals surface area contributed by atoms with E-state index in [0.717, 1.165) is 12.8 Å². The van der Waals surface area contributed by atoms with E-state index in [1.807, 2.05) is 0 Å². The number of benzene rings is 1. The molecule has 1 N–H and O–H groups in total. The number of carbonyl (C=O) groups is 1. The van der Waals surface area contributed by atoms with Crippen molar-refractivity contribution in [3.8, 4) is 0 Å². The van der Waals surface area contributed by atoms with Crippen molar-refractivity contribution < 1.29 is 14.8 Å². The fourth-order valence-corrected chi connectivity index (χ4v) is 2.86. The number of hydrogen-bond donors (Lipinski definition) is 1. The van der Waals surface area contributed by atoms with Crippen molar-refractivity contribution in [1.29, 1.82) is 0 Å². The summed E-state index contributed by atoms with van der Waals surface area (Å²) in [6.45, 7) is 2.25. The summed E-state index contributed by atoms with van der Waals surface area (Å²) >= 11 is 0. The van der Waals surface area contributed by atoms with Gasteiger partial charge in [0, 0.05) is 17.2 Å². The number of aliphatic hydroxyl groups is 1. The highest BCUT2D eigenvalue weighted by Gasteiger charge is 2.53. The van der Waals surface area contributed by atoms with Gasteiger partial charge in [0.05, 0.1) is 18.0 Å². The van der Waals surface area contributed by atoms with Gasteiger partial charge in [-0.1, -0.05) is 6.07 Å². The molecule has 1 saturated heterocycles. The summed E-state index contributed by atoms with van der Waals surface area (Å²) in [5, 5.41) is 21.1. The predicted molar refractivity (Wildman–Crippen MR) is 71.4 cm³/mol. The lowest BCUT2D eigenvalue weighted by atomic mass is 9.88. The molecule has 1 aromatic carbocycles. The molecule has 1 aliphatic carbocycles. The Hall–Kier alpha value is -1.95. The maximum atomic E-state index is 12.3. The lowest BCUT2D eigenvalue weighted by Crippen LogP contribution is -2.64. The molecule has 1 amide bonds. The minimum atomic E-state index is -0.732. The minimum Gasteiger partial charge on any atom is -0.386 e. The smallest absolute Gasteiger partial charge is 0.273 e. The van der Waals surface area contributed by atoms with Crippen molar-refractivity contribution >= 4 is 11.6 Å². The van der Waals surface area contributed by atoms with Gasteiger partial charge in [0.15, 0.2) is 0 Å². The van der Waals surface area contributed by atoms with Gasteiger partial charge in [0.1, 0.15) is 5.60 Å². The summed E-state index contributed by atoms with van der Waals surface area (Å²) in [5.74, 6) is 0.0780. The first-order chi connectivity index (χ1) is 9.42. The second-order valence-electron chi connectivity index (χ2n) is 5.75. The van der Waals surface area contributed by atoms with E-state index >= 15 is 0 Å². The SMILES string of the molecule is Cc1c(C(=O)N2CC(O)(C3CC3)C2)cccc1[N+](=O)[O-]. The van der Waals surface area contributed by atoms with Gasteiger partial charge in [-0.2, -0.15) is 0 Å². The maximum Gasteiger partial charge on any atom is 0.273 e. The van der Waals surface area contributed by atoms with Crippen molar-refractivity contribution in [2.75, 3.05) is 13.1 Å². The van der Waals surface area contributed by atoms with Crippen LogP contribution in [0.25, 0.3) is 0 Å². The maximum absolute atomic E-state index is 12.3. The highest BCUT2D eigenvalue weighted by Crippen LogP contribution is 2.44. The number of nitrogens with zero attached hydrogens (tertiary/aromatic N) is 2. The highest BCUT2D eigenvalue weighted by molar-refractivity contribution is 5.97. The van der Waals surface area contributed by atoms with E-state index in [9.17, 15) is 20.0 Å². The summed E-state index contributed by atoms with van der Waals surface area (Å²) in [6.07, 6.45) is 2.04. The van der Waals surface area contributed by atoms with Crippen LogP contribution in [0.2, 0.25) is 0 Å². The zero-order valence-electron chi connectivity index (χ0n) is 11.2. The molecule has 106 valence electrons. The van der Waals surface area contributed by atoms with Crippen LogP contribution in [0.4, 0.5) is 5.69 Å². The molecule has 6 heteroatoms. The first-order valence-corrected chi connectivity index (χ1v) is 6.68. The topological polar surface area (TPSA) is 83.7 Å². The molecular formula is C14H16N2O4. The largest absolute Gasteiger partial charge is 0.386 e. The molecule has 3 rings (SSSR count). The van der Waals surface area contributed by atoms with Crippen molar-refractivity contribution in [3.63, 3.8) is 0 Å². The number of carbonyl (C=O) groups excluding carboxylic acids is 1. The third kappa shape index (κ3) is 1.96. The van der Waals surface area contributed by atoms with Crippen LogP contribution in [-0.2, 0) is 0 Å². The molecule has 1 saturated carbocycles. The number of β-amino-alcohol motifs (C(OH)–C–C–N with tert-alkyl or cyclic N) is 1. The molecule has 2 aliphatic rings. The quantitative estimate of drug-likeness (QED) is 0.669. The fourth-order valence-electron chi connectivity index (χ4n) is 2.86. The number of likely N-dealkylation sites (tertiary alicyclic amines) is 1. The summed E-state index contributed by atoms with van der Waals surface area (Å²) in [7, 11) is 0. The molecule has 6 nitrogen and oxygen atoms in total. The average Bonchev–Trinajstić information content (AvgIpc) is 3.18. The molecule has 1 aliphatic heterocycles. The summed E-state index contributed by atoms with van der Waals surface area (Å²) in [5.41, 5.74) is -0.0557. The van der Waals surface area contributed by atoms with Gasteiger partial charge in [0.25, 0.3) is 11.6 Å². The highest BCUT2D eigenvalue weighted by atomic mass is 16.6. The van der Waals surface area contributed by atoms with Crippen LogP contribution in [0.1, 0.15) is 28.8 Å². The average molecular weight is 276 g/mol. The van der Waals surface area contributed by atoms with Crippen LogP contribution in [0.5, 0.6) is 0 Å². The number of rotatable bonds is 3. The van der Waals surface area contributed by atoms with E-state index in [-0.39, 0.29) is 11.6 Å². The summed E-state index contributed by atoms with van der Waals surface area (Å²) in [4.78, 5) is 24.3. The van der Waals surface area contributed by atoms with Crippen LogP contribution < -0.4 is 0 Å². The molecule has 0 spiro atoms. The van der Waals surface area contributed by atoms with Gasteiger partial charge in [0.2, 0.25) is 0 Å². The third-order valence-electron chi connectivity index (χ3n) is 4.29. The lowest BCUT2D eigenvalue weighted by Gasteiger charge is -2.47. The Kier molecular flexibility index (Phi) is 2.79. The molecule has 0 unspecified atom stereocenters. The normalized spacial score (nSPS) is 20.4. The first-order valence-electron chi connectivity index (χ1n) is 6.68. The van der Waals surface area contributed by atoms with E-state index in [1.54, 1.807) is 17.9 Å². The Labute approximate surface area is 116 Å². The van der Waals surface area contributed by atoms with Crippen LogP contribution in [0.15, 0.2) is 18.2 Å².